The highest BCUT2D eigenvalue weighted by molar-refractivity contribution is 5.70. The van der Waals surface area contributed by atoms with E-state index >= 15 is 0 Å². The van der Waals surface area contributed by atoms with E-state index in [1.54, 1.807) is 6.92 Å². The molecule has 8 nitrogen and oxygen atoms in total. The molecule has 3 aliphatic rings. The van der Waals surface area contributed by atoms with Crippen LogP contribution < -0.4 is 0 Å². The van der Waals surface area contributed by atoms with Crippen LogP contribution in [0.2, 0.25) is 0 Å². The van der Waals surface area contributed by atoms with Crippen LogP contribution in [-0.4, -0.2) is 58.6 Å². The molecule has 2 aliphatic heterocycles. The number of rotatable bonds is 8. The molecule has 2 heterocycles. The summed E-state index contributed by atoms with van der Waals surface area (Å²) in [5.41, 5.74) is -1.49. The van der Waals surface area contributed by atoms with Crippen LogP contribution in [0.5, 0.6) is 0 Å². The fourth-order valence-corrected chi connectivity index (χ4v) is 7.26. The predicted octanol–water partition coefficient (Wildman–Crippen LogP) is 4.90. The van der Waals surface area contributed by atoms with Gasteiger partial charge in [-0.3, -0.25) is 14.4 Å². The van der Waals surface area contributed by atoms with Gasteiger partial charge in [-0.1, -0.05) is 39.8 Å². The maximum Gasteiger partial charge on any atom is 0.306 e. The first-order valence-electron chi connectivity index (χ1n) is 14.4. The van der Waals surface area contributed by atoms with Gasteiger partial charge < -0.3 is 24.1 Å². The Bertz CT molecular complexity index is 895. The predicted molar refractivity (Wildman–Crippen MR) is 142 cm³/mol. The Labute approximate surface area is 227 Å². The summed E-state index contributed by atoms with van der Waals surface area (Å²) < 4.78 is 24.8. The molecule has 0 unspecified atom stereocenters. The average molecular weight is 537 g/mol. The highest BCUT2D eigenvalue weighted by atomic mass is 16.6. The molecule has 1 saturated carbocycles. The molecular formula is C30H48O8. The van der Waals surface area contributed by atoms with E-state index in [0.29, 0.717) is 32.1 Å². The lowest BCUT2D eigenvalue weighted by Crippen LogP contribution is -2.68. The summed E-state index contributed by atoms with van der Waals surface area (Å²) in [5.74, 6) is -2.31. The van der Waals surface area contributed by atoms with E-state index in [1.165, 1.54) is 6.92 Å². The third-order valence-corrected chi connectivity index (χ3v) is 8.74. The molecule has 0 aromatic heterocycles. The maximum atomic E-state index is 12.8. The number of hydrogen-bond donors (Lipinski definition) is 1. The number of carbonyl (C=O) groups excluding carboxylic acids is 3. The van der Waals surface area contributed by atoms with Gasteiger partial charge in [-0.2, -0.15) is 0 Å². The number of esters is 3. The summed E-state index contributed by atoms with van der Waals surface area (Å²) >= 11 is 0. The first-order valence-corrected chi connectivity index (χ1v) is 14.4. The largest absolute Gasteiger partial charge is 0.458 e. The lowest BCUT2D eigenvalue weighted by atomic mass is 9.55. The van der Waals surface area contributed by atoms with Crippen molar-refractivity contribution >= 4 is 17.9 Å². The lowest BCUT2D eigenvalue weighted by Gasteiger charge is -2.55. The van der Waals surface area contributed by atoms with Crippen LogP contribution in [0.3, 0.4) is 0 Å². The minimum atomic E-state index is -1.56. The van der Waals surface area contributed by atoms with Gasteiger partial charge >= 0.3 is 17.9 Å². The van der Waals surface area contributed by atoms with Gasteiger partial charge in [-0.05, 0) is 58.3 Å². The fourth-order valence-electron chi connectivity index (χ4n) is 7.26. The van der Waals surface area contributed by atoms with Gasteiger partial charge in [-0.25, -0.2) is 0 Å². The Morgan fingerprint density at radius 1 is 1.11 bits per heavy atom. The molecule has 2 saturated heterocycles. The molecule has 3 fully saturated rings. The Balaban J connectivity index is 2.18. The van der Waals surface area contributed by atoms with Crippen LogP contribution in [0.25, 0.3) is 0 Å². The monoisotopic (exact) mass is 536 g/mol. The van der Waals surface area contributed by atoms with Gasteiger partial charge in [0.05, 0.1) is 6.10 Å². The SMILES string of the molecule is C=C1CCC[C@@](C)(OC(=O)CCC)[C@@H]2O[C@H](C1)[C@@H]1[C@H]2[C@@H](C(C)C)[C@H](OC(=O)CCC)[C@@H](OC(C)=O)[C@@]1(C)O. The highest BCUT2D eigenvalue weighted by Crippen LogP contribution is 2.58. The van der Waals surface area contributed by atoms with E-state index in [4.69, 9.17) is 18.9 Å². The zero-order chi connectivity index (χ0) is 28.4. The summed E-state index contributed by atoms with van der Waals surface area (Å²) in [5, 5.41) is 12.2. The van der Waals surface area contributed by atoms with Gasteiger partial charge in [-0.15, -0.1) is 0 Å². The van der Waals surface area contributed by atoms with Crippen molar-refractivity contribution in [2.75, 3.05) is 0 Å². The molecular weight excluding hydrogens is 488 g/mol. The van der Waals surface area contributed by atoms with E-state index in [-0.39, 0.29) is 30.1 Å². The van der Waals surface area contributed by atoms with Gasteiger partial charge in [0.25, 0.3) is 0 Å². The third kappa shape index (κ3) is 6.11. The van der Waals surface area contributed by atoms with Crippen LogP contribution >= 0.6 is 0 Å². The van der Waals surface area contributed by atoms with E-state index in [9.17, 15) is 19.5 Å². The summed E-state index contributed by atoms with van der Waals surface area (Å²) in [6, 6.07) is 0. The second-order valence-corrected chi connectivity index (χ2v) is 12.3. The molecule has 2 bridgehead atoms. The van der Waals surface area contributed by atoms with Crippen molar-refractivity contribution in [1.82, 2.24) is 0 Å². The lowest BCUT2D eigenvalue weighted by molar-refractivity contribution is -0.241. The van der Waals surface area contributed by atoms with Gasteiger partial charge in [0.15, 0.2) is 6.10 Å². The van der Waals surface area contributed by atoms with Crippen LogP contribution in [0.4, 0.5) is 0 Å². The molecule has 9 atom stereocenters. The molecule has 0 spiro atoms. The van der Waals surface area contributed by atoms with Crippen molar-refractivity contribution in [2.24, 2.45) is 23.7 Å². The van der Waals surface area contributed by atoms with Crippen molar-refractivity contribution in [3.8, 4) is 0 Å². The van der Waals surface area contributed by atoms with E-state index in [1.807, 2.05) is 34.6 Å². The Kier molecular flexibility index (Phi) is 9.72. The van der Waals surface area contributed by atoms with Crippen molar-refractivity contribution in [3.63, 3.8) is 0 Å². The molecule has 0 amide bonds. The summed E-state index contributed by atoms with van der Waals surface area (Å²) in [6.07, 6.45) is 1.63. The summed E-state index contributed by atoms with van der Waals surface area (Å²) in [4.78, 5) is 37.9. The van der Waals surface area contributed by atoms with Crippen LogP contribution in [-0.2, 0) is 33.3 Å². The number of aliphatic hydroxyl groups is 1. The van der Waals surface area contributed by atoms with Crippen molar-refractivity contribution in [2.45, 2.75) is 135 Å². The molecule has 1 N–H and O–H groups in total. The smallest absolute Gasteiger partial charge is 0.306 e. The van der Waals surface area contributed by atoms with E-state index in [0.717, 1.165) is 18.4 Å². The third-order valence-electron chi connectivity index (χ3n) is 8.74. The number of ether oxygens (including phenoxy) is 4. The van der Waals surface area contributed by atoms with Crippen LogP contribution in [0, 0.1) is 23.7 Å². The molecule has 0 aromatic rings. The minimum Gasteiger partial charge on any atom is -0.458 e. The second-order valence-electron chi connectivity index (χ2n) is 12.3. The summed E-state index contributed by atoms with van der Waals surface area (Å²) in [6.45, 7) is 17.1. The van der Waals surface area contributed by atoms with Gasteiger partial charge in [0, 0.05) is 37.5 Å². The molecule has 8 heteroatoms. The van der Waals surface area contributed by atoms with Crippen molar-refractivity contribution < 1.29 is 38.4 Å². The molecule has 3 rings (SSSR count). The Hall–Kier alpha value is -1.93. The zero-order valence-electron chi connectivity index (χ0n) is 24.3. The molecule has 0 radical (unpaired) electrons. The molecule has 1 aliphatic carbocycles. The minimum absolute atomic E-state index is 0.0114. The first kappa shape index (κ1) is 30.6. The number of hydrogen-bond acceptors (Lipinski definition) is 8. The fraction of sp³-hybridized carbons (Fsp3) is 0.833. The Morgan fingerprint density at radius 3 is 2.32 bits per heavy atom. The maximum absolute atomic E-state index is 12.8. The van der Waals surface area contributed by atoms with Crippen LogP contribution in [0.15, 0.2) is 12.2 Å². The Morgan fingerprint density at radius 2 is 1.74 bits per heavy atom. The standard InChI is InChI=1S/C30H48O8/c1-9-12-21(32)37-26-23(17(3)4)24-25(30(8,34)28(26)35-19(6)31)20-16-18(5)14-11-15-29(7,27(24)36-20)38-22(33)13-10-2/h17,20,23-28,34H,5,9-16H2,1-4,6-8H3/t20-,23-,24-,25-,26+,27-,28-,29-,30+/m1/s1. The first-order chi connectivity index (χ1) is 17.8. The number of fused-ring (bicyclic) bond motifs is 5. The number of carbonyl (C=O) groups is 3. The molecule has 216 valence electrons. The highest BCUT2D eigenvalue weighted by Gasteiger charge is 2.69. The van der Waals surface area contributed by atoms with Gasteiger partial charge in [0.1, 0.15) is 23.4 Å². The molecule has 38 heavy (non-hydrogen) atoms. The van der Waals surface area contributed by atoms with E-state index < -0.39 is 53.5 Å². The molecule has 0 aromatic carbocycles. The van der Waals surface area contributed by atoms with Gasteiger partial charge in [0.2, 0.25) is 0 Å². The quantitative estimate of drug-likeness (QED) is 0.265. The second kappa shape index (κ2) is 12.1. The van der Waals surface area contributed by atoms with Crippen molar-refractivity contribution in [1.29, 1.82) is 0 Å². The zero-order valence-corrected chi connectivity index (χ0v) is 24.3. The topological polar surface area (TPSA) is 108 Å². The van der Waals surface area contributed by atoms with Crippen LogP contribution in [0.1, 0.15) is 99.8 Å². The van der Waals surface area contributed by atoms with E-state index in [2.05, 4.69) is 6.58 Å². The normalized spacial score (nSPS) is 39.0. The summed E-state index contributed by atoms with van der Waals surface area (Å²) in [7, 11) is 0. The van der Waals surface area contributed by atoms with Crippen molar-refractivity contribution in [3.05, 3.63) is 12.2 Å². The average Bonchev–Trinajstić information content (AvgIpc) is 3.18.